The SMILES string of the molecule is Cc1c(-c2ccccc2)cn(C(N)=O)c1C. The van der Waals surface area contributed by atoms with E-state index in [-0.39, 0.29) is 0 Å². The highest BCUT2D eigenvalue weighted by atomic mass is 16.2. The number of hydrogen-bond acceptors (Lipinski definition) is 1. The zero-order valence-corrected chi connectivity index (χ0v) is 9.40. The van der Waals surface area contributed by atoms with Crippen LogP contribution in [-0.4, -0.2) is 10.6 Å². The Balaban J connectivity index is 2.60. The monoisotopic (exact) mass is 214 g/mol. The summed E-state index contributed by atoms with van der Waals surface area (Å²) >= 11 is 0. The molecule has 0 saturated carbocycles. The lowest BCUT2D eigenvalue weighted by Crippen LogP contribution is -2.19. The van der Waals surface area contributed by atoms with Gasteiger partial charge in [0.15, 0.2) is 0 Å². The van der Waals surface area contributed by atoms with Gasteiger partial charge >= 0.3 is 6.03 Å². The van der Waals surface area contributed by atoms with Gasteiger partial charge in [-0.05, 0) is 25.0 Å². The Kier molecular flexibility index (Phi) is 2.52. The number of nitrogens with two attached hydrogens (primary N) is 1. The molecule has 0 atom stereocenters. The Morgan fingerprint density at radius 1 is 1.19 bits per heavy atom. The molecule has 0 saturated heterocycles. The van der Waals surface area contributed by atoms with Gasteiger partial charge in [-0.25, -0.2) is 4.79 Å². The molecule has 3 nitrogen and oxygen atoms in total. The molecule has 0 bridgehead atoms. The van der Waals surface area contributed by atoms with Crippen molar-refractivity contribution in [3.05, 3.63) is 47.8 Å². The molecule has 82 valence electrons. The standard InChI is InChI=1S/C13H14N2O/c1-9-10(2)15(13(14)16)8-12(9)11-6-4-3-5-7-11/h3-8H,1-2H3,(H2,14,16). The molecule has 2 N–H and O–H groups in total. The first-order valence-corrected chi connectivity index (χ1v) is 5.15. The van der Waals surface area contributed by atoms with E-state index in [9.17, 15) is 4.79 Å². The van der Waals surface area contributed by atoms with Gasteiger partial charge in [0.25, 0.3) is 0 Å². The maximum atomic E-state index is 11.2. The highest BCUT2D eigenvalue weighted by molar-refractivity contribution is 5.80. The highest BCUT2D eigenvalue weighted by Crippen LogP contribution is 2.26. The van der Waals surface area contributed by atoms with Gasteiger partial charge in [-0.1, -0.05) is 30.3 Å². The Morgan fingerprint density at radius 2 is 1.81 bits per heavy atom. The molecule has 1 aromatic carbocycles. The molecule has 0 radical (unpaired) electrons. The number of amides is 1. The highest BCUT2D eigenvalue weighted by Gasteiger charge is 2.12. The summed E-state index contributed by atoms with van der Waals surface area (Å²) in [6.07, 6.45) is 1.79. The van der Waals surface area contributed by atoms with Crippen LogP contribution < -0.4 is 5.73 Å². The molecule has 1 amide bonds. The van der Waals surface area contributed by atoms with Crippen molar-refractivity contribution in [1.29, 1.82) is 0 Å². The minimum Gasteiger partial charge on any atom is -0.351 e. The van der Waals surface area contributed by atoms with Crippen LogP contribution in [0.2, 0.25) is 0 Å². The summed E-state index contributed by atoms with van der Waals surface area (Å²) in [5.41, 5.74) is 9.43. The fourth-order valence-corrected chi connectivity index (χ4v) is 1.84. The van der Waals surface area contributed by atoms with Crippen LogP contribution >= 0.6 is 0 Å². The summed E-state index contributed by atoms with van der Waals surface area (Å²) in [5.74, 6) is 0. The lowest BCUT2D eigenvalue weighted by molar-refractivity contribution is 0.250. The second-order valence-corrected chi connectivity index (χ2v) is 3.83. The van der Waals surface area contributed by atoms with Crippen LogP contribution in [0.4, 0.5) is 4.79 Å². The number of hydrogen-bond donors (Lipinski definition) is 1. The summed E-state index contributed by atoms with van der Waals surface area (Å²) in [6, 6.07) is 9.52. The fourth-order valence-electron chi connectivity index (χ4n) is 1.84. The van der Waals surface area contributed by atoms with Crippen molar-refractivity contribution < 1.29 is 4.79 Å². The van der Waals surface area contributed by atoms with E-state index in [1.807, 2.05) is 44.2 Å². The van der Waals surface area contributed by atoms with Crippen LogP contribution in [0.15, 0.2) is 36.5 Å². The minimum atomic E-state index is -0.442. The fraction of sp³-hybridized carbons (Fsp3) is 0.154. The lowest BCUT2D eigenvalue weighted by Gasteiger charge is -1.99. The van der Waals surface area contributed by atoms with E-state index in [1.165, 1.54) is 4.57 Å². The summed E-state index contributed by atoms with van der Waals surface area (Å²) < 4.78 is 1.48. The second kappa shape index (κ2) is 3.85. The average Bonchev–Trinajstić information content (AvgIpc) is 2.58. The van der Waals surface area contributed by atoms with E-state index in [0.29, 0.717) is 0 Å². The van der Waals surface area contributed by atoms with Gasteiger partial charge < -0.3 is 5.73 Å². The molecule has 0 aliphatic heterocycles. The molecular weight excluding hydrogens is 200 g/mol. The van der Waals surface area contributed by atoms with Crippen LogP contribution in [0.3, 0.4) is 0 Å². The minimum absolute atomic E-state index is 0.442. The first-order chi connectivity index (χ1) is 7.61. The molecule has 16 heavy (non-hydrogen) atoms. The average molecular weight is 214 g/mol. The van der Waals surface area contributed by atoms with Gasteiger partial charge in [-0.2, -0.15) is 0 Å². The molecule has 0 spiro atoms. The summed E-state index contributed by atoms with van der Waals surface area (Å²) in [6.45, 7) is 3.89. The molecule has 0 unspecified atom stereocenters. The van der Waals surface area contributed by atoms with Crippen LogP contribution in [-0.2, 0) is 0 Å². The van der Waals surface area contributed by atoms with E-state index in [4.69, 9.17) is 5.73 Å². The van der Waals surface area contributed by atoms with Gasteiger partial charge in [0.1, 0.15) is 0 Å². The van der Waals surface area contributed by atoms with Crippen molar-refractivity contribution in [1.82, 2.24) is 4.57 Å². The summed E-state index contributed by atoms with van der Waals surface area (Å²) in [7, 11) is 0. The van der Waals surface area contributed by atoms with Crippen LogP contribution in [0.25, 0.3) is 11.1 Å². The molecule has 2 rings (SSSR count). The van der Waals surface area contributed by atoms with Crippen LogP contribution in [0.5, 0.6) is 0 Å². The summed E-state index contributed by atoms with van der Waals surface area (Å²) in [4.78, 5) is 11.2. The molecular formula is C13H14N2O. The van der Waals surface area contributed by atoms with Crippen molar-refractivity contribution in [2.75, 3.05) is 0 Å². The van der Waals surface area contributed by atoms with E-state index < -0.39 is 6.03 Å². The number of primary amides is 1. The topological polar surface area (TPSA) is 48.0 Å². The predicted octanol–water partition coefficient (Wildman–Crippen LogP) is 2.70. The molecule has 1 aromatic heterocycles. The first-order valence-electron chi connectivity index (χ1n) is 5.15. The number of rotatable bonds is 1. The third kappa shape index (κ3) is 1.60. The van der Waals surface area contributed by atoms with Gasteiger partial charge in [-0.3, -0.25) is 4.57 Å². The predicted molar refractivity (Wildman–Crippen MR) is 64.3 cm³/mol. The van der Waals surface area contributed by atoms with Gasteiger partial charge in [-0.15, -0.1) is 0 Å². The van der Waals surface area contributed by atoms with E-state index in [0.717, 1.165) is 22.4 Å². The zero-order chi connectivity index (χ0) is 11.7. The number of carbonyl (C=O) groups excluding carboxylic acids is 1. The van der Waals surface area contributed by atoms with Crippen molar-refractivity contribution in [2.45, 2.75) is 13.8 Å². The molecule has 2 aromatic rings. The Labute approximate surface area is 94.5 Å². The van der Waals surface area contributed by atoms with E-state index >= 15 is 0 Å². The van der Waals surface area contributed by atoms with E-state index in [1.54, 1.807) is 6.20 Å². The van der Waals surface area contributed by atoms with Gasteiger partial charge in [0.05, 0.1) is 0 Å². The number of benzene rings is 1. The van der Waals surface area contributed by atoms with Crippen molar-refractivity contribution in [3.8, 4) is 11.1 Å². The quantitative estimate of drug-likeness (QED) is 0.779. The first kappa shape index (κ1) is 10.5. The lowest BCUT2D eigenvalue weighted by atomic mass is 10.0. The maximum absolute atomic E-state index is 11.2. The second-order valence-electron chi connectivity index (χ2n) is 3.83. The van der Waals surface area contributed by atoms with Crippen LogP contribution in [0.1, 0.15) is 11.3 Å². The number of nitrogens with zero attached hydrogens (tertiary/aromatic N) is 1. The van der Waals surface area contributed by atoms with Gasteiger partial charge in [0.2, 0.25) is 0 Å². The van der Waals surface area contributed by atoms with Crippen molar-refractivity contribution in [2.24, 2.45) is 5.73 Å². The zero-order valence-electron chi connectivity index (χ0n) is 9.40. The van der Waals surface area contributed by atoms with E-state index in [2.05, 4.69) is 0 Å². The summed E-state index contributed by atoms with van der Waals surface area (Å²) in [5, 5.41) is 0. The largest absolute Gasteiger partial charge is 0.351 e. The third-order valence-corrected chi connectivity index (χ3v) is 2.89. The Morgan fingerprint density at radius 3 is 2.31 bits per heavy atom. The molecule has 1 heterocycles. The molecule has 0 aliphatic carbocycles. The smallest absolute Gasteiger partial charge is 0.323 e. The third-order valence-electron chi connectivity index (χ3n) is 2.89. The maximum Gasteiger partial charge on any atom is 0.323 e. The Hall–Kier alpha value is -2.03. The van der Waals surface area contributed by atoms with Crippen molar-refractivity contribution in [3.63, 3.8) is 0 Å². The number of carbonyl (C=O) groups is 1. The van der Waals surface area contributed by atoms with Gasteiger partial charge in [0, 0.05) is 17.5 Å². The van der Waals surface area contributed by atoms with Crippen molar-refractivity contribution >= 4 is 6.03 Å². The molecule has 3 heteroatoms. The molecule has 0 fully saturated rings. The normalized spacial score (nSPS) is 10.4. The number of aromatic nitrogens is 1. The van der Waals surface area contributed by atoms with Crippen LogP contribution in [0, 0.1) is 13.8 Å². The Bertz CT molecular complexity index is 526. The molecule has 0 aliphatic rings.